The molecule has 3 N–H and O–H groups in total. The fourth-order valence-electron chi connectivity index (χ4n) is 4.96. The van der Waals surface area contributed by atoms with Crippen LogP contribution in [-0.2, 0) is 18.4 Å². The molecule has 0 bridgehead atoms. The van der Waals surface area contributed by atoms with Crippen molar-refractivity contribution in [3.05, 3.63) is 85.1 Å². The van der Waals surface area contributed by atoms with Crippen molar-refractivity contribution in [3.8, 4) is 0 Å². The molecule has 0 saturated heterocycles. The number of phosphoric ester groups is 1. The third-order valence-electron chi connectivity index (χ3n) is 8.16. The summed E-state index contributed by atoms with van der Waals surface area (Å²) >= 11 is 0. The fraction of sp³-hybridized carbons (Fsp3) is 0.651. The number of hydrogen-bond acceptors (Lipinski definition) is 5. The summed E-state index contributed by atoms with van der Waals surface area (Å²) in [7, 11) is 1.57. The summed E-state index contributed by atoms with van der Waals surface area (Å²) in [4.78, 5) is 22.8. The largest absolute Gasteiger partial charge is 0.472 e. The summed E-state index contributed by atoms with van der Waals surface area (Å²) in [6, 6.07) is -0.772. The second-order valence-electron chi connectivity index (χ2n) is 14.3. The zero-order valence-corrected chi connectivity index (χ0v) is 34.4. The maximum atomic E-state index is 12.7. The van der Waals surface area contributed by atoms with Gasteiger partial charge in [0, 0.05) is 6.42 Å². The molecule has 298 valence electrons. The molecule has 0 rings (SSSR count). The van der Waals surface area contributed by atoms with Gasteiger partial charge in [0.2, 0.25) is 5.91 Å². The zero-order chi connectivity index (χ0) is 38.6. The number of likely N-dealkylation sites (N-methyl/N-ethyl adjacent to an activating group) is 1. The highest BCUT2D eigenvalue weighted by molar-refractivity contribution is 7.47. The molecular weight excluding hydrogens is 671 g/mol. The molecule has 3 unspecified atom stereocenters. The SMILES string of the molecule is CC/C=C\C/C=C\C/C=C\C/C=C\C/C=C\C/C=C\C/C=C\CCCCCCCC(=O)NC(COP(=O)(O)OCC[N+](C)(C)C)C(O)CCCCC. The number of quaternary nitrogens is 1. The number of unbranched alkanes of at least 4 members (excludes halogenated alkanes) is 7. The number of nitrogens with one attached hydrogen (secondary N) is 1. The van der Waals surface area contributed by atoms with E-state index in [4.69, 9.17) is 9.05 Å². The van der Waals surface area contributed by atoms with Crippen LogP contribution in [0.3, 0.4) is 0 Å². The molecule has 0 saturated carbocycles. The first kappa shape index (κ1) is 49.7. The second kappa shape index (κ2) is 34.4. The third-order valence-corrected chi connectivity index (χ3v) is 9.14. The number of aliphatic hydroxyl groups is 1. The maximum absolute atomic E-state index is 12.7. The van der Waals surface area contributed by atoms with E-state index in [-0.39, 0.29) is 19.1 Å². The molecule has 0 aromatic carbocycles. The van der Waals surface area contributed by atoms with Crippen LogP contribution in [0, 0.1) is 0 Å². The van der Waals surface area contributed by atoms with E-state index in [0.717, 1.165) is 103 Å². The van der Waals surface area contributed by atoms with Crippen molar-refractivity contribution in [2.75, 3.05) is 40.9 Å². The van der Waals surface area contributed by atoms with Gasteiger partial charge in [0.1, 0.15) is 13.2 Å². The van der Waals surface area contributed by atoms with Gasteiger partial charge in [0.15, 0.2) is 0 Å². The van der Waals surface area contributed by atoms with Gasteiger partial charge >= 0.3 is 7.82 Å². The standard InChI is InChI=1S/C43H75N2O6P/c1-6-8-10-11-12-13-14-15-16-17-18-19-20-21-22-23-24-25-26-27-28-29-30-31-32-33-35-37-43(47)44-41(42(46)36-34-9-7-2)40-51-52(48,49)50-39-38-45(3,4)5/h8,10,12-13,15-16,18-19,21-22,24-25,27-28,41-42,46H,6-7,9,11,14,17,20,23,26,29-40H2,1-5H3,(H-,44,47,48,49)/p+1/b10-8-,13-12-,16-15-,19-18-,22-21-,25-24-,28-27-. The van der Waals surface area contributed by atoms with Gasteiger partial charge in [-0.15, -0.1) is 0 Å². The number of carbonyl (C=O) groups is 1. The molecule has 0 aliphatic heterocycles. The molecule has 0 spiro atoms. The second-order valence-corrected chi connectivity index (χ2v) is 15.7. The van der Waals surface area contributed by atoms with E-state index in [1.807, 2.05) is 21.1 Å². The minimum Gasteiger partial charge on any atom is -0.391 e. The van der Waals surface area contributed by atoms with Gasteiger partial charge in [0.05, 0.1) is 39.9 Å². The topological polar surface area (TPSA) is 105 Å². The number of allylic oxidation sites excluding steroid dienone is 14. The monoisotopic (exact) mass is 748 g/mol. The Morgan fingerprint density at radius 2 is 1.15 bits per heavy atom. The van der Waals surface area contributed by atoms with Gasteiger partial charge in [-0.1, -0.05) is 137 Å². The van der Waals surface area contributed by atoms with Crippen LogP contribution in [0.1, 0.15) is 129 Å². The van der Waals surface area contributed by atoms with Crippen molar-refractivity contribution < 1.29 is 32.9 Å². The van der Waals surface area contributed by atoms with Crippen molar-refractivity contribution in [3.63, 3.8) is 0 Å². The Balaban J connectivity index is 4.08. The van der Waals surface area contributed by atoms with E-state index >= 15 is 0 Å². The lowest BCUT2D eigenvalue weighted by molar-refractivity contribution is -0.870. The van der Waals surface area contributed by atoms with Crippen LogP contribution in [0.2, 0.25) is 0 Å². The van der Waals surface area contributed by atoms with E-state index < -0.39 is 20.0 Å². The normalized spacial score (nSPS) is 15.4. The third kappa shape index (κ3) is 36.1. The predicted molar refractivity (Wildman–Crippen MR) is 221 cm³/mol. The van der Waals surface area contributed by atoms with Gasteiger partial charge in [-0.05, 0) is 70.6 Å². The van der Waals surface area contributed by atoms with Gasteiger partial charge in [-0.25, -0.2) is 4.57 Å². The highest BCUT2D eigenvalue weighted by Crippen LogP contribution is 2.43. The number of nitrogens with zero attached hydrogens (tertiary/aromatic N) is 1. The average molecular weight is 748 g/mol. The number of aliphatic hydroxyl groups excluding tert-OH is 1. The number of hydrogen-bond donors (Lipinski definition) is 3. The molecule has 0 aromatic heterocycles. The van der Waals surface area contributed by atoms with Crippen LogP contribution >= 0.6 is 7.82 Å². The first-order valence-corrected chi connectivity index (χ1v) is 21.4. The Bertz CT molecular complexity index is 1120. The van der Waals surface area contributed by atoms with Crippen LogP contribution in [0.5, 0.6) is 0 Å². The zero-order valence-electron chi connectivity index (χ0n) is 33.5. The average Bonchev–Trinajstić information content (AvgIpc) is 3.09. The van der Waals surface area contributed by atoms with E-state index in [1.165, 1.54) is 0 Å². The first-order valence-electron chi connectivity index (χ1n) is 20.0. The Morgan fingerprint density at radius 1 is 0.673 bits per heavy atom. The van der Waals surface area contributed by atoms with Crippen LogP contribution in [0.25, 0.3) is 0 Å². The van der Waals surface area contributed by atoms with Crippen molar-refractivity contribution in [1.29, 1.82) is 0 Å². The number of rotatable bonds is 34. The van der Waals surface area contributed by atoms with Gasteiger partial charge in [-0.2, -0.15) is 0 Å². The summed E-state index contributed by atoms with van der Waals surface area (Å²) < 4.78 is 23.2. The van der Waals surface area contributed by atoms with E-state index in [2.05, 4.69) is 104 Å². The highest BCUT2D eigenvalue weighted by atomic mass is 31.2. The summed E-state index contributed by atoms with van der Waals surface area (Å²) in [5, 5.41) is 13.5. The molecule has 1 amide bonds. The number of carbonyl (C=O) groups excluding carboxylic acids is 1. The van der Waals surface area contributed by atoms with Crippen molar-refractivity contribution in [2.45, 2.75) is 142 Å². The quantitative estimate of drug-likeness (QED) is 0.0262. The first-order chi connectivity index (χ1) is 25.0. The molecule has 0 aliphatic carbocycles. The summed E-state index contributed by atoms with van der Waals surface area (Å²) in [6.45, 7) is 4.55. The Labute approximate surface area is 318 Å². The van der Waals surface area contributed by atoms with Gasteiger partial charge in [-0.3, -0.25) is 13.8 Å². The van der Waals surface area contributed by atoms with E-state index in [1.54, 1.807) is 0 Å². The Kier molecular flexibility index (Phi) is 32.9. The van der Waals surface area contributed by atoms with Crippen LogP contribution in [0.4, 0.5) is 0 Å². The molecule has 52 heavy (non-hydrogen) atoms. The van der Waals surface area contributed by atoms with Gasteiger partial charge < -0.3 is 19.8 Å². The van der Waals surface area contributed by atoms with Gasteiger partial charge in [0.25, 0.3) is 0 Å². The molecule has 0 aliphatic rings. The van der Waals surface area contributed by atoms with Crippen LogP contribution in [-0.4, -0.2) is 73.4 Å². The number of amides is 1. The van der Waals surface area contributed by atoms with Crippen molar-refractivity contribution in [2.24, 2.45) is 0 Å². The Morgan fingerprint density at radius 3 is 1.65 bits per heavy atom. The predicted octanol–water partition coefficient (Wildman–Crippen LogP) is 10.6. The number of phosphoric acid groups is 1. The molecule has 0 fully saturated rings. The molecule has 0 heterocycles. The van der Waals surface area contributed by atoms with E-state index in [0.29, 0.717) is 23.9 Å². The minimum absolute atomic E-state index is 0.0635. The van der Waals surface area contributed by atoms with E-state index in [9.17, 15) is 19.4 Å². The maximum Gasteiger partial charge on any atom is 0.472 e. The van der Waals surface area contributed by atoms with Crippen LogP contribution in [0.15, 0.2) is 85.1 Å². The van der Waals surface area contributed by atoms with Crippen molar-refractivity contribution >= 4 is 13.7 Å². The molecule has 8 nitrogen and oxygen atoms in total. The lowest BCUT2D eigenvalue weighted by atomic mass is 10.0. The Hall–Kier alpha value is -2.32. The lowest BCUT2D eigenvalue weighted by Gasteiger charge is -2.26. The van der Waals surface area contributed by atoms with Crippen molar-refractivity contribution in [1.82, 2.24) is 5.32 Å². The minimum atomic E-state index is -4.30. The highest BCUT2D eigenvalue weighted by Gasteiger charge is 2.28. The van der Waals surface area contributed by atoms with Crippen LogP contribution < -0.4 is 5.32 Å². The summed E-state index contributed by atoms with van der Waals surface area (Å²) in [5.74, 6) is -0.181. The molecule has 0 radical (unpaired) electrons. The molecule has 3 atom stereocenters. The lowest BCUT2D eigenvalue weighted by Crippen LogP contribution is -2.46. The smallest absolute Gasteiger partial charge is 0.391 e. The summed E-state index contributed by atoms with van der Waals surface area (Å²) in [5.41, 5.74) is 0. The summed E-state index contributed by atoms with van der Waals surface area (Å²) in [6.07, 6.45) is 46.9. The fourth-order valence-corrected chi connectivity index (χ4v) is 5.70. The molecular formula is C43H76N2O6P+. The molecule has 9 heteroatoms. The molecule has 0 aromatic rings.